The number of methoxy groups -OCH3 is 1. The highest BCUT2D eigenvalue weighted by Gasteiger charge is 2.09. The molecule has 0 aliphatic rings. The zero-order chi connectivity index (χ0) is 10.1. The van der Waals surface area contributed by atoms with E-state index in [9.17, 15) is 5.11 Å². The molecule has 4 heteroatoms. The predicted octanol–water partition coefficient (Wildman–Crippen LogP) is 0.519. The molecule has 2 N–H and O–H groups in total. The Morgan fingerprint density at radius 2 is 2.08 bits per heavy atom. The first kappa shape index (κ1) is 12.8. The first-order chi connectivity index (χ1) is 6.20. The highest BCUT2D eigenvalue weighted by molar-refractivity contribution is 4.60. The third-order valence-corrected chi connectivity index (χ3v) is 1.77. The second-order valence-corrected chi connectivity index (χ2v) is 3.14. The van der Waals surface area contributed by atoms with Crippen molar-refractivity contribution in [2.75, 3.05) is 20.5 Å². The summed E-state index contributed by atoms with van der Waals surface area (Å²) in [5, 5.41) is 17.9. The van der Waals surface area contributed by atoms with E-state index >= 15 is 0 Å². The molecule has 0 aliphatic carbocycles. The van der Waals surface area contributed by atoms with Crippen molar-refractivity contribution in [2.45, 2.75) is 38.4 Å². The molecular weight excluding hydrogens is 172 g/mol. The Morgan fingerprint density at radius 1 is 1.38 bits per heavy atom. The molecule has 0 aliphatic heterocycles. The third-order valence-electron chi connectivity index (χ3n) is 1.77. The van der Waals surface area contributed by atoms with Gasteiger partial charge in [0.1, 0.15) is 6.79 Å². The summed E-state index contributed by atoms with van der Waals surface area (Å²) in [4.78, 5) is 0. The molecule has 0 fully saturated rings. The molecule has 0 aromatic rings. The van der Waals surface area contributed by atoms with Gasteiger partial charge in [-0.25, -0.2) is 0 Å². The molecule has 0 heterocycles. The lowest BCUT2D eigenvalue weighted by Gasteiger charge is -2.16. The lowest BCUT2D eigenvalue weighted by atomic mass is 10.1. The van der Waals surface area contributed by atoms with Crippen LogP contribution >= 0.6 is 0 Å². The van der Waals surface area contributed by atoms with Gasteiger partial charge in [-0.15, -0.1) is 0 Å². The zero-order valence-electron chi connectivity index (χ0n) is 8.40. The average molecular weight is 192 g/mol. The Bertz CT molecular complexity index is 95.8. The first-order valence-electron chi connectivity index (χ1n) is 4.60. The Balaban J connectivity index is 3.35. The van der Waals surface area contributed by atoms with Crippen molar-refractivity contribution in [1.29, 1.82) is 0 Å². The molecule has 0 bridgehead atoms. The van der Waals surface area contributed by atoms with Crippen LogP contribution in [-0.2, 0) is 9.47 Å². The molecule has 0 unspecified atom stereocenters. The van der Waals surface area contributed by atoms with Crippen LogP contribution in [0.2, 0.25) is 0 Å². The quantitative estimate of drug-likeness (QED) is 0.550. The molecule has 2 atom stereocenters. The molecule has 0 aromatic carbocycles. The summed E-state index contributed by atoms with van der Waals surface area (Å²) >= 11 is 0. The van der Waals surface area contributed by atoms with Gasteiger partial charge in [0.15, 0.2) is 0 Å². The van der Waals surface area contributed by atoms with Crippen molar-refractivity contribution < 1.29 is 19.7 Å². The van der Waals surface area contributed by atoms with Gasteiger partial charge in [-0.1, -0.05) is 0 Å². The first-order valence-corrected chi connectivity index (χ1v) is 4.60. The summed E-state index contributed by atoms with van der Waals surface area (Å²) in [7, 11) is 1.56. The van der Waals surface area contributed by atoms with E-state index in [0.29, 0.717) is 19.3 Å². The average Bonchev–Trinajstić information content (AvgIpc) is 2.11. The van der Waals surface area contributed by atoms with E-state index in [2.05, 4.69) is 0 Å². The van der Waals surface area contributed by atoms with E-state index in [1.165, 1.54) is 0 Å². The van der Waals surface area contributed by atoms with Crippen LogP contribution in [-0.4, -0.2) is 42.9 Å². The van der Waals surface area contributed by atoms with E-state index in [1.807, 2.05) is 6.92 Å². The van der Waals surface area contributed by atoms with Crippen molar-refractivity contribution in [3.63, 3.8) is 0 Å². The second kappa shape index (κ2) is 8.44. The van der Waals surface area contributed by atoms with Gasteiger partial charge < -0.3 is 19.7 Å². The Morgan fingerprint density at radius 3 is 2.62 bits per heavy atom. The molecule has 0 aromatic heterocycles. The second-order valence-electron chi connectivity index (χ2n) is 3.14. The molecule has 0 saturated carbocycles. The summed E-state index contributed by atoms with van der Waals surface area (Å²) in [5.41, 5.74) is 0. The maximum absolute atomic E-state index is 9.42. The van der Waals surface area contributed by atoms with Gasteiger partial charge in [-0.2, -0.15) is 0 Å². The monoisotopic (exact) mass is 192 g/mol. The standard InChI is InChI=1S/C9H20O4/c1-8(13-7-12-2)6-9(11)4-3-5-10/h8-11H,3-7H2,1-2H3/t8-,9-/m0/s1. The summed E-state index contributed by atoms with van der Waals surface area (Å²) in [6.45, 7) is 2.28. The van der Waals surface area contributed by atoms with Crippen LogP contribution in [0.4, 0.5) is 0 Å². The Hall–Kier alpha value is -0.160. The molecule has 0 rings (SSSR count). The van der Waals surface area contributed by atoms with E-state index in [-0.39, 0.29) is 25.6 Å². The molecule has 0 spiro atoms. The zero-order valence-corrected chi connectivity index (χ0v) is 8.40. The summed E-state index contributed by atoms with van der Waals surface area (Å²) in [5.74, 6) is 0. The minimum Gasteiger partial charge on any atom is -0.396 e. The van der Waals surface area contributed by atoms with Gasteiger partial charge in [0, 0.05) is 13.7 Å². The highest BCUT2D eigenvalue weighted by atomic mass is 16.7. The number of aliphatic hydroxyl groups is 2. The largest absolute Gasteiger partial charge is 0.396 e. The van der Waals surface area contributed by atoms with Crippen LogP contribution in [0.15, 0.2) is 0 Å². The maximum atomic E-state index is 9.42. The maximum Gasteiger partial charge on any atom is 0.146 e. The lowest BCUT2D eigenvalue weighted by Crippen LogP contribution is -2.19. The third kappa shape index (κ3) is 8.18. The van der Waals surface area contributed by atoms with Gasteiger partial charge in [0.05, 0.1) is 12.2 Å². The topological polar surface area (TPSA) is 58.9 Å². The normalized spacial score (nSPS) is 15.7. The number of ether oxygens (including phenoxy) is 2. The van der Waals surface area contributed by atoms with Crippen LogP contribution in [0, 0.1) is 0 Å². The molecule has 0 radical (unpaired) electrons. The van der Waals surface area contributed by atoms with Gasteiger partial charge in [0.25, 0.3) is 0 Å². The van der Waals surface area contributed by atoms with Gasteiger partial charge in [-0.05, 0) is 26.2 Å². The van der Waals surface area contributed by atoms with Crippen LogP contribution in [0.3, 0.4) is 0 Å². The van der Waals surface area contributed by atoms with E-state index in [1.54, 1.807) is 7.11 Å². The highest BCUT2D eigenvalue weighted by Crippen LogP contribution is 2.07. The summed E-state index contributed by atoms with van der Waals surface area (Å²) in [6.07, 6.45) is 1.45. The van der Waals surface area contributed by atoms with Gasteiger partial charge >= 0.3 is 0 Å². The molecule has 80 valence electrons. The molecule has 0 saturated heterocycles. The minimum atomic E-state index is -0.390. The van der Waals surface area contributed by atoms with Crippen molar-refractivity contribution in [2.24, 2.45) is 0 Å². The van der Waals surface area contributed by atoms with Crippen molar-refractivity contribution in [3.8, 4) is 0 Å². The van der Waals surface area contributed by atoms with Crippen LogP contribution in [0.25, 0.3) is 0 Å². The number of hydrogen-bond donors (Lipinski definition) is 2. The van der Waals surface area contributed by atoms with Crippen molar-refractivity contribution in [1.82, 2.24) is 0 Å². The van der Waals surface area contributed by atoms with Crippen molar-refractivity contribution >= 4 is 0 Å². The number of rotatable bonds is 8. The van der Waals surface area contributed by atoms with Crippen LogP contribution in [0.1, 0.15) is 26.2 Å². The predicted molar refractivity (Wildman–Crippen MR) is 49.4 cm³/mol. The summed E-state index contributed by atoms with van der Waals surface area (Å²) in [6, 6.07) is 0. The van der Waals surface area contributed by atoms with Gasteiger partial charge in [0.2, 0.25) is 0 Å². The fraction of sp³-hybridized carbons (Fsp3) is 1.00. The van der Waals surface area contributed by atoms with Crippen LogP contribution in [0.5, 0.6) is 0 Å². The fourth-order valence-corrected chi connectivity index (χ4v) is 1.08. The van der Waals surface area contributed by atoms with Gasteiger partial charge in [-0.3, -0.25) is 0 Å². The van der Waals surface area contributed by atoms with E-state index in [4.69, 9.17) is 14.6 Å². The minimum absolute atomic E-state index is 0.00589. The Labute approximate surface area is 79.5 Å². The number of aliphatic hydroxyl groups excluding tert-OH is 2. The fourth-order valence-electron chi connectivity index (χ4n) is 1.08. The molecule has 13 heavy (non-hydrogen) atoms. The van der Waals surface area contributed by atoms with Crippen LogP contribution < -0.4 is 0 Å². The molecular formula is C9H20O4. The van der Waals surface area contributed by atoms with E-state index < -0.39 is 0 Å². The molecule has 0 amide bonds. The van der Waals surface area contributed by atoms with E-state index in [0.717, 1.165) is 0 Å². The molecule has 4 nitrogen and oxygen atoms in total. The van der Waals surface area contributed by atoms with Crippen molar-refractivity contribution in [3.05, 3.63) is 0 Å². The Kier molecular flexibility index (Phi) is 8.33. The summed E-state index contributed by atoms with van der Waals surface area (Å²) < 4.78 is 9.93. The smallest absolute Gasteiger partial charge is 0.146 e. The lowest BCUT2D eigenvalue weighted by molar-refractivity contribution is -0.0781. The SMILES string of the molecule is COCO[C@@H](C)C[C@@H](O)CCCO. The number of hydrogen-bond acceptors (Lipinski definition) is 4.